The Hall–Kier alpha value is -0.900. The van der Waals surface area contributed by atoms with E-state index in [1.54, 1.807) is 19.1 Å². The second-order valence-electron chi connectivity index (χ2n) is 1.23. The van der Waals surface area contributed by atoms with Gasteiger partial charge in [-0.25, -0.2) is 10.4 Å². The fourth-order valence-corrected chi connectivity index (χ4v) is 0.191. The predicted octanol–water partition coefficient (Wildman–Crippen LogP) is -0.312. The minimum Gasteiger partial charge on any atom is -0.302 e. The van der Waals surface area contributed by atoms with Crippen molar-refractivity contribution in [1.29, 1.82) is 5.41 Å². The molecule has 2 N–H and O–H groups in total. The Balaban J connectivity index is 3.35. The maximum atomic E-state index is 6.49. The van der Waals surface area contributed by atoms with Crippen molar-refractivity contribution in [3.05, 3.63) is 0 Å². The third kappa shape index (κ3) is 3.30. The molecular weight excluding hydrogens is 104 g/mol. The van der Waals surface area contributed by atoms with E-state index in [1.807, 2.05) is 0 Å². The van der Waals surface area contributed by atoms with Crippen LogP contribution >= 0.6 is 0 Å². The molecule has 0 aliphatic carbocycles. The van der Waals surface area contributed by atoms with Crippen molar-refractivity contribution in [3.63, 3.8) is 0 Å². The Bertz CT molecular complexity index is 88.0. The first-order chi connectivity index (χ1) is 3.81. The van der Waals surface area contributed by atoms with Crippen molar-refractivity contribution in [2.24, 2.45) is 4.99 Å². The topological polar surface area (TPSA) is 51.5 Å². The second kappa shape index (κ2) is 4.26. The van der Waals surface area contributed by atoms with Gasteiger partial charge in [0.2, 0.25) is 0 Å². The first kappa shape index (κ1) is 7.10. The van der Waals surface area contributed by atoms with Crippen LogP contribution in [0.25, 0.3) is 0 Å². The summed E-state index contributed by atoms with van der Waals surface area (Å²) in [5.74, 6) is 0. The molecule has 0 aliphatic rings. The van der Waals surface area contributed by atoms with E-state index in [9.17, 15) is 0 Å². The van der Waals surface area contributed by atoms with Crippen LogP contribution in [0.1, 0.15) is 0 Å². The van der Waals surface area contributed by atoms with Gasteiger partial charge < -0.3 is 5.01 Å². The lowest BCUT2D eigenvalue weighted by molar-refractivity contribution is 0.422. The van der Waals surface area contributed by atoms with Crippen molar-refractivity contribution in [2.75, 3.05) is 14.1 Å². The smallest absolute Gasteiger partial charge is 0.108 e. The lowest BCUT2D eigenvalue weighted by atomic mass is 11.0. The van der Waals surface area contributed by atoms with E-state index in [2.05, 4.69) is 10.4 Å². The number of hydrogen-bond acceptors (Lipinski definition) is 2. The van der Waals surface area contributed by atoms with Crippen molar-refractivity contribution in [1.82, 2.24) is 10.4 Å². The van der Waals surface area contributed by atoms with Crippen LogP contribution in [0.4, 0.5) is 0 Å². The molecule has 0 fully saturated rings. The van der Waals surface area contributed by atoms with Gasteiger partial charge in [0, 0.05) is 14.1 Å². The monoisotopic (exact) mass is 114 g/mol. The van der Waals surface area contributed by atoms with Crippen LogP contribution < -0.4 is 5.43 Å². The molecule has 0 unspecified atom stereocenters. The minimum atomic E-state index is 0.980. The number of hydrazine groups is 1. The second-order valence-corrected chi connectivity index (χ2v) is 1.23. The van der Waals surface area contributed by atoms with Gasteiger partial charge in [-0.15, -0.1) is 0 Å². The van der Waals surface area contributed by atoms with E-state index in [0.717, 1.165) is 6.34 Å². The summed E-state index contributed by atoms with van der Waals surface area (Å²) in [6, 6.07) is 0. The molecule has 8 heavy (non-hydrogen) atoms. The summed E-state index contributed by atoms with van der Waals surface area (Å²) < 4.78 is 0. The summed E-state index contributed by atoms with van der Waals surface area (Å²) in [4.78, 5) is 3.52. The lowest BCUT2D eigenvalue weighted by Gasteiger charge is -2.07. The van der Waals surface area contributed by atoms with E-state index < -0.39 is 0 Å². The molecule has 0 aliphatic heterocycles. The Labute approximate surface area is 48.7 Å². The molecule has 46 valence electrons. The number of hydrogen-bond donors (Lipinski definition) is 2. The summed E-state index contributed by atoms with van der Waals surface area (Å²) in [5, 5.41) is 8.14. The fraction of sp³-hybridized carbons (Fsp3) is 0.500. The molecule has 0 aromatic rings. The molecule has 4 nitrogen and oxygen atoms in total. The van der Waals surface area contributed by atoms with Crippen LogP contribution in [0.2, 0.25) is 0 Å². The summed E-state index contributed by atoms with van der Waals surface area (Å²) in [5.41, 5.74) is 2.78. The predicted molar refractivity (Wildman–Crippen MR) is 34.1 cm³/mol. The van der Waals surface area contributed by atoms with Gasteiger partial charge in [-0.05, 0) is 0 Å². The number of aliphatic imine (C=N–C) groups is 1. The van der Waals surface area contributed by atoms with Gasteiger partial charge in [-0.3, -0.25) is 5.41 Å². The Morgan fingerprint density at radius 3 is 2.75 bits per heavy atom. The summed E-state index contributed by atoms with van der Waals surface area (Å²) in [6.45, 7) is 0. The molecule has 0 aromatic carbocycles. The SMILES string of the molecule is CNN(C)C=NC=N. The summed E-state index contributed by atoms with van der Waals surface area (Å²) in [6.07, 6.45) is 2.49. The molecule has 0 spiro atoms. The van der Waals surface area contributed by atoms with E-state index in [-0.39, 0.29) is 0 Å². The zero-order valence-corrected chi connectivity index (χ0v) is 5.05. The molecule has 0 saturated carbocycles. The van der Waals surface area contributed by atoms with Crippen LogP contribution in [0, 0.1) is 5.41 Å². The van der Waals surface area contributed by atoms with Gasteiger partial charge in [0.25, 0.3) is 0 Å². The highest BCUT2D eigenvalue weighted by Crippen LogP contribution is 1.61. The molecular formula is C4H10N4. The van der Waals surface area contributed by atoms with Gasteiger partial charge in [0.05, 0.1) is 0 Å². The lowest BCUT2D eigenvalue weighted by Crippen LogP contribution is -2.28. The van der Waals surface area contributed by atoms with Crippen LogP contribution in [0.3, 0.4) is 0 Å². The van der Waals surface area contributed by atoms with Crippen LogP contribution in [-0.2, 0) is 0 Å². The Morgan fingerprint density at radius 1 is 1.75 bits per heavy atom. The maximum absolute atomic E-state index is 6.49. The highest BCUT2D eigenvalue weighted by atomic mass is 15.5. The first-order valence-corrected chi connectivity index (χ1v) is 2.23. The van der Waals surface area contributed by atoms with Crippen molar-refractivity contribution >= 4 is 12.7 Å². The number of rotatable bonds is 3. The normalized spacial score (nSPS) is 9.75. The van der Waals surface area contributed by atoms with Crippen molar-refractivity contribution in [2.45, 2.75) is 0 Å². The zero-order chi connectivity index (χ0) is 6.41. The van der Waals surface area contributed by atoms with Gasteiger partial charge in [-0.2, -0.15) is 0 Å². The fourth-order valence-electron chi connectivity index (χ4n) is 0.191. The molecule has 0 amide bonds. The molecule has 0 saturated heterocycles. The third-order valence-corrected chi connectivity index (χ3v) is 0.667. The van der Waals surface area contributed by atoms with Crippen molar-refractivity contribution in [3.8, 4) is 0 Å². The molecule has 0 aromatic heterocycles. The van der Waals surface area contributed by atoms with Gasteiger partial charge in [0.1, 0.15) is 12.7 Å². The molecule has 0 rings (SSSR count). The molecule has 0 atom stereocenters. The van der Waals surface area contributed by atoms with Crippen molar-refractivity contribution < 1.29 is 0 Å². The molecule has 0 bridgehead atoms. The van der Waals surface area contributed by atoms with Gasteiger partial charge >= 0.3 is 0 Å². The highest BCUT2D eigenvalue weighted by molar-refractivity contribution is 5.68. The summed E-state index contributed by atoms with van der Waals surface area (Å²) in [7, 11) is 3.57. The van der Waals surface area contributed by atoms with Gasteiger partial charge in [-0.1, -0.05) is 0 Å². The summed E-state index contributed by atoms with van der Waals surface area (Å²) >= 11 is 0. The van der Waals surface area contributed by atoms with E-state index in [4.69, 9.17) is 5.41 Å². The standard InChI is InChI=1S/C4H10N4/c1-6-8(2)4-7-3-5/h3-6H,1-2H3. The molecule has 0 heterocycles. The molecule has 4 heteroatoms. The number of nitrogens with zero attached hydrogens (tertiary/aromatic N) is 2. The van der Waals surface area contributed by atoms with E-state index in [1.165, 1.54) is 6.34 Å². The van der Waals surface area contributed by atoms with Gasteiger partial charge in [0.15, 0.2) is 0 Å². The quantitative estimate of drug-likeness (QED) is 0.300. The maximum Gasteiger partial charge on any atom is 0.108 e. The van der Waals surface area contributed by atoms with E-state index in [0.29, 0.717) is 0 Å². The third-order valence-electron chi connectivity index (χ3n) is 0.667. The minimum absolute atomic E-state index is 0.980. The highest BCUT2D eigenvalue weighted by Gasteiger charge is 1.77. The zero-order valence-electron chi connectivity index (χ0n) is 5.05. The molecule has 0 radical (unpaired) electrons. The largest absolute Gasteiger partial charge is 0.302 e. The van der Waals surface area contributed by atoms with Crippen LogP contribution in [0.15, 0.2) is 4.99 Å². The van der Waals surface area contributed by atoms with Crippen LogP contribution in [-0.4, -0.2) is 31.8 Å². The Kier molecular flexibility index (Phi) is 3.78. The van der Waals surface area contributed by atoms with Crippen LogP contribution in [0.5, 0.6) is 0 Å². The average Bonchev–Trinajstić information content (AvgIpc) is 1.83. The Morgan fingerprint density at radius 2 is 2.38 bits per heavy atom. The number of nitrogens with one attached hydrogen (secondary N) is 2. The van der Waals surface area contributed by atoms with E-state index >= 15 is 0 Å². The first-order valence-electron chi connectivity index (χ1n) is 2.23. The average molecular weight is 114 g/mol.